The number of amides is 1. The Bertz CT molecular complexity index is 657. The van der Waals surface area contributed by atoms with Crippen molar-refractivity contribution >= 4 is 16.9 Å². The molecule has 1 aliphatic rings. The number of carbonyl (C=O) groups is 1. The first kappa shape index (κ1) is 14.1. The lowest BCUT2D eigenvalue weighted by molar-refractivity contribution is 0.0381. The molecule has 112 valence electrons. The first-order valence-corrected chi connectivity index (χ1v) is 7.22. The number of aryl methyl sites for hydroxylation is 1. The fraction of sp³-hybridized carbons (Fsp3) is 0.438. The molecule has 0 spiro atoms. The normalized spacial score (nSPS) is 17.8. The third kappa shape index (κ3) is 2.80. The Morgan fingerprint density at radius 3 is 2.81 bits per heavy atom. The Kier molecular flexibility index (Phi) is 3.69. The quantitative estimate of drug-likeness (QED) is 0.905. The number of ether oxygens (including phenoxy) is 1. The Morgan fingerprint density at radius 1 is 1.33 bits per heavy atom. The van der Waals surface area contributed by atoms with E-state index in [1.807, 2.05) is 25.1 Å². The van der Waals surface area contributed by atoms with Crippen LogP contribution in [0.3, 0.4) is 0 Å². The van der Waals surface area contributed by atoms with Crippen LogP contribution in [0.5, 0.6) is 0 Å². The summed E-state index contributed by atoms with van der Waals surface area (Å²) in [6.45, 7) is 3.66. The molecule has 0 atom stereocenters. The van der Waals surface area contributed by atoms with Crippen LogP contribution in [-0.4, -0.2) is 31.2 Å². The van der Waals surface area contributed by atoms with Gasteiger partial charge in [0.15, 0.2) is 5.76 Å². The molecule has 0 radical (unpaired) electrons. The first-order valence-electron chi connectivity index (χ1n) is 7.22. The summed E-state index contributed by atoms with van der Waals surface area (Å²) in [5.41, 5.74) is 7.33. The highest BCUT2D eigenvalue weighted by atomic mass is 16.5. The lowest BCUT2D eigenvalue weighted by Crippen LogP contribution is -2.56. The number of nitrogens with two attached hydrogens (primary N) is 1. The van der Waals surface area contributed by atoms with Crippen molar-refractivity contribution in [3.8, 4) is 0 Å². The van der Waals surface area contributed by atoms with E-state index < -0.39 is 0 Å². The molecule has 21 heavy (non-hydrogen) atoms. The maximum atomic E-state index is 12.4. The van der Waals surface area contributed by atoms with Crippen molar-refractivity contribution in [2.75, 3.05) is 19.8 Å². The van der Waals surface area contributed by atoms with Crippen molar-refractivity contribution in [2.45, 2.75) is 25.3 Å². The summed E-state index contributed by atoms with van der Waals surface area (Å²) < 4.78 is 11.0. The third-order valence-electron chi connectivity index (χ3n) is 4.11. The fourth-order valence-electron chi connectivity index (χ4n) is 2.72. The van der Waals surface area contributed by atoms with Gasteiger partial charge in [-0.15, -0.1) is 0 Å². The summed E-state index contributed by atoms with van der Waals surface area (Å²) in [6, 6.07) is 7.63. The Labute approximate surface area is 123 Å². The Hall–Kier alpha value is -1.85. The van der Waals surface area contributed by atoms with E-state index in [-0.39, 0.29) is 11.4 Å². The summed E-state index contributed by atoms with van der Waals surface area (Å²) in [7, 11) is 0. The van der Waals surface area contributed by atoms with Crippen molar-refractivity contribution in [3.63, 3.8) is 0 Å². The monoisotopic (exact) mass is 288 g/mol. The molecule has 5 heteroatoms. The fourth-order valence-corrected chi connectivity index (χ4v) is 2.72. The summed E-state index contributed by atoms with van der Waals surface area (Å²) in [5.74, 6) is 0.117. The van der Waals surface area contributed by atoms with E-state index in [4.69, 9.17) is 14.9 Å². The van der Waals surface area contributed by atoms with Crippen LogP contribution in [0.1, 0.15) is 29.0 Å². The highest BCUT2D eigenvalue weighted by molar-refractivity contribution is 5.96. The molecule has 1 fully saturated rings. The molecule has 1 saturated heterocycles. The number of rotatable bonds is 3. The third-order valence-corrected chi connectivity index (χ3v) is 4.11. The van der Waals surface area contributed by atoms with Gasteiger partial charge in [-0.3, -0.25) is 4.79 Å². The van der Waals surface area contributed by atoms with Crippen LogP contribution in [0, 0.1) is 6.92 Å². The molecular weight excluding hydrogens is 268 g/mol. The standard InChI is InChI=1S/C16H20N2O3/c1-11-2-3-13-12(8-11)9-14(21-13)15(19)18-16(10-17)4-6-20-7-5-16/h2-3,8-9H,4-7,10,17H2,1H3,(H,18,19). The van der Waals surface area contributed by atoms with Crippen molar-refractivity contribution in [1.82, 2.24) is 5.32 Å². The Morgan fingerprint density at radius 2 is 2.10 bits per heavy atom. The molecule has 1 aliphatic heterocycles. The molecule has 0 saturated carbocycles. The number of nitrogens with one attached hydrogen (secondary N) is 1. The minimum atomic E-state index is -0.385. The van der Waals surface area contributed by atoms with Gasteiger partial charge in [0, 0.05) is 25.1 Å². The number of benzene rings is 1. The lowest BCUT2D eigenvalue weighted by Gasteiger charge is -2.36. The molecule has 3 N–H and O–H groups in total. The lowest BCUT2D eigenvalue weighted by atomic mass is 9.90. The zero-order chi connectivity index (χ0) is 14.9. The zero-order valence-corrected chi connectivity index (χ0v) is 12.1. The summed E-state index contributed by atoms with van der Waals surface area (Å²) in [5, 5.41) is 3.98. The minimum Gasteiger partial charge on any atom is -0.451 e. The minimum absolute atomic E-state index is 0.212. The van der Waals surface area contributed by atoms with Gasteiger partial charge in [0.1, 0.15) is 5.58 Å². The summed E-state index contributed by atoms with van der Waals surface area (Å²) in [6.07, 6.45) is 1.46. The molecule has 3 rings (SSSR count). The molecular formula is C16H20N2O3. The first-order chi connectivity index (χ1) is 10.1. The van der Waals surface area contributed by atoms with E-state index in [9.17, 15) is 4.79 Å². The van der Waals surface area contributed by atoms with Gasteiger partial charge in [-0.2, -0.15) is 0 Å². The Balaban J connectivity index is 1.82. The largest absolute Gasteiger partial charge is 0.451 e. The number of furan rings is 1. The predicted molar refractivity (Wildman–Crippen MR) is 80.3 cm³/mol. The molecule has 1 amide bonds. The SMILES string of the molecule is Cc1ccc2oc(C(=O)NC3(CN)CCOCC3)cc2c1. The molecule has 1 aromatic heterocycles. The maximum absolute atomic E-state index is 12.4. The second kappa shape index (κ2) is 5.50. The average molecular weight is 288 g/mol. The second-order valence-electron chi connectivity index (χ2n) is 5.70. The predicted octanol–water partition coefficient (Wildman–Crippen LogP) is 1.98. The van der Waals surface area contributed by atoms with Crippen LogP contribution >= 0.6 is 0 Å². The molecule has 1 aromatic carbocycles. The van der Waals surface area contributed by atoms with E-state index in [0.717, 1.165) is 29.4 Å². The van der Waals surface area contributed by atoms with E-state index in [0.29, 0.717) is 25.5 Å². The van der Waals surface area contributed by atoms with Gasteiger partial charge in [0.2, 0.25) is 0 Å². The van der Waals surface area contributed by atoms with Crippen molar-refractivity contribution < 1.29 is 13.9 Å². The van der Waals surface area contributed by atoms with Gasteiger partial charge in [-0.25, -0.2) is 0 Å². The van der Waals surface area contributed by atoms with E-state index in [2.05, 4.69) is 5.32 Å². The number of hydrogen-bond acceptors (Lipinski definition) is 4. The summed E-state index contributed by atoms with van der Waals surface area (Å²) >= 11 is 0. The topological polar surface area (TPSA) is 77.5 Å². The van der Waals surface area contributed by atoms with E-state index >= 15 is 0 Å². The van der Waals surface area contributed by atoms with Crippen molar-refractivity contribution in [2.24, 2.45) is 5.73 Å². The van der Waals surface area contributed by atoms with Gasteiger partial charge in [-0.1, -0.05) is 11.6 Å². The molecule has 2 heterocycles. The molecule has 2 aromatic rings. The van der Waals surface area contributed by atoms with Gasteiger partial charge in [0.05, 0.1) is 5.54 Å². The van der Waals surface area contributed by atoms with Gasteiger partial charge in [-0.05, 0) is 38.0 Å². The average Bonchev–Trinajstić information content (AvgIpc) is 2.91. The van der Waals surface area contributed by atoms with Crippen LogP contribution in [0.25, 0.3) is 11.0 Å². The van der Waals surface area contributed by atoms with E-state index in [1.165, 1.54) is 0 Å². The van der Waals surface area contributed by atoms with Crippen LogP contribution in [0.4, 0.5) is 0 Å². The smallest absolute Gasteiger partial charge is 0.287 e. The zero-order valence-electron chi connectivity index (χ0n) is 12.1. The highest BCUT2D eigenvalue weighted by Gasteiger charge is 2.33. The van der Waals surface area contributed by atoms with Crippen LogP contribution in [0.15, 0.2) is 28.7 Å². The van der Waals surface area contributed by atoms with Crippen molar-refractivity contribution in [1.29, 1.82) is 0 Å². The molecule has 0 unspecified atom stereocenters. The van der Waals surface area contributed by atoms with Crippen LogP contribution < -0.4 is 11.1 Å². The van der Waals surface area contributed by atoms with Crippen LogP contribution in [0.2, 0.25) is 0 Å². The number of carbonyl (C=O) groups excluding carboxylic acids is 1. The number of hydrogen-bond donors (Lipinski definition) is 2. The van der Waals surface area contributed by atoms with E-state index in [1.54, 1.807) is 6.07 Å². The second-order valence-corrected chi connectivity index (χ2v) is 5.70. The van der Waals surface area contributed by atoms with Gasteiger partial charge < -0.3 is 20.2 Å². The summed E-state index contributed by atoms with van der Waals surface area (Å²) in [4.78, 5) is 12.4. The van der Waals surface area contributed by atoms with Crippen LogP contribution in [-0.2, 0) is 4.74 Å². The van der Waals surface area contributed by atoms with Crippen molar-refractivity contribution in [3.05, 3.63) is 35.6 Å². The molecule has 0 bridgehead atoms. The highest BCUT2D eigenvalue weighted by Crippen LogP contribution is 2.23. The molecule has 0 aliphatic carbocycles. The maximum Gasteiger partial charge on any atom is 0.287 e. The number of fused-ring (bicyclic) bond motifs is 1. The molecule has 5 nitrogen and oxygen atoms in total. The van der Waals surface area contributed by atoms with Gasteiger partial charge >= 0.3 is 0 Å². The van der Waals surface area contributed by atoms with Gasteiger partial charge in [0.25, 0.3) is 5.91 Å².